The molecule has 1 atom stereocenters. The van der Waals surface area contributed by atoms with Gasteiger partial charge in [-0.25, -0.2) is 4.98 Å². The van der Waals surface area contributed by atoms with E-state index < -0.39 is 0 Å². The van der Waals surface area contributed by atoms with Crippen molar-refractivity contribution in [3.8, 4) is 0 Å². The topological polar surface area (TPSA) is 75.3 Å². The van der Waals surface area contributed by atoms with Crippen molar-refractivity contribution >= 4 is 17.7 Å². The Morgan fingerprint density at radius 1 is 1.15 bits per heavy atom. The number of aromatic nitrogens is 2. The first-order valence-electron chi connectivity index (χ1n) is 9.20. The van der Waals surface area contributed by atoms with Gasteiger partial charge < -0.3 is 15.5 Å². The summed E-state index contributed by atoms with van der Waals surface area (Å²) >= 11 is 0. The van der Waals surface area contributed by atoms with E-state index in [2.05, 4.69) is 27.0 Å². The molecule has 2 fully saturated rings. The molecule has 1 aromatic heterocycles. The zero-order valence-electron chi connectivity index (χ0n) is 15.1. The molecule has 2 aliphatic heterocycles. The van der Waals surface area contributed by atoms with Gasteiger partial charge in [-0.1, -0.05) is 30.3 Å². The summed E-state index contributed by atoms with van der Waals surface area (Å²) in [5.41, 5.74) is 7.09. The van der Waals surface area contributed by atoms with E-state index in [1.165, 1.54) is 0 Å². The van der Waals surface area contributed by atoms with Gasteiger partial charge in [0.05, 0.1) is 5.92 Å². The number of nitrogens with two attached hydrogens (primary N) is 1. The molecule has 6 nitrogen and oxygen atoms in total. The van der Waals surface area contributed by atoms with Crippen molar-refractivity contribution in [2.45, 2.75) is 25.2 Å². The van der Waals surface area contributed by atoms with Gasteiger partial charge in [0.2, 0.25) is 11.9 Å². The van der Waals surface area contributed by atoms with Crippen LogP contribution in [0.25, 0.3) is 0 Å². The predicted octanol–water partition coefficient (Wildman–Crippen LogP) is 2.29. The number of anilines is 2. The quantitative estimate of drug-likeness (QED) is 0.898. The highest BCUT2D eigenvalue weighted by atomic mass is 16.2. The first-order chi connectivity index (χ1) is 12.6. The number of carbonyl (C=O) groups excluding carboxylic acids is 1. The summed E-state index contributed by atoms with van der Waals surface area (Å²) in [5, 5.41) is 0. The van der Waals surface area contributed by atoms with E-state index in [0.717, 1.165) is 44.5 Å². The molecular formula is C20H25N5O. The molecule has 2 aromatic rings. The lowest BCUT2D eigenvalue weighted by Gasteiger charge is -2.49. The number of hydrogen-bond donors (Lipinski definition) is 1. The first kappa shape index (κ1) is 16.8. The second kappa shape index (κ2) is 6.59. The Morgan fingerprint density at radius 3 is 2.58 bits per heavy atom. The normalized spacial score (nSPS) is 22.7. The van der Waals surface area contributed by atoms with Crippen molar-refractivity contribution in [1.82, 2.24) is 14.9 Å². The number of nitrogen functional groups attached to an aromatic ring is 1. The van der Waals surface area contributed by atoms with E-state index in [9.17, 15) is 4.79 Å². The molecule has 136 valence electrons. The molecule has 2 saturated heterocycles. The molecule has 4 rings (SSSR count). The van der Waals surface area contributed by atoms with Crippen LogP contribution in [0.3, 0.4) is 0 Å². The minimum atomic E-state index is -0.0369. The Bertz CT molecular complexity index is 786. The molecule has 1 amide bonds. The van der Waals surface area contributed by atoms with Gasteiger partial charge in [0.1, 0.15) is 5.82 Å². The zero-order valence-corrected chi connectivity index (χ0v) is 15.1. The highest BCUT2D eigenvalue weighted by molar-refractivity contribution is 5.84. The summed E-state index contributed by atoms with van der Waals surface area (Å²) in [6.45, 7) is 2.63. The van der Waals surface area contributed by atoms with Crippen LogP contribution in [0.15, 0.2) is 42.6 Å². The van der Waals surface area contributed by atoms with Crippen molar-refractivity contribution in [3.63, 3.8) is 0 Å². The van der Waals surface area contributed by atoms with Crippen molar-refractivity contribution in [3.05, 3.63) is 48.2 Å². The lowest BCUT2D eigenvalue weighted by atomic mass is 9.68. The molecule has 2 aliphatic rings. The number of benzene rings is 1. The molecule has 0 radical (unpaired) electrons. The van der Waals surface area contributed by atoms with Crippen molar-refractivity contribution < 1.29 is 4.79 Å². The largest absolute Gasteiger partial charge is 0.384 e. The first-order valence-corrected chi connectivity index (χ1v) is 9.20. The fraction of sp³-hybridized carbons (Fsp3) is 0.450. The lowest BCUT2D eigenvalue weighted by molar-refractivity contribution is -0.138. The van der Waals surface area contributed by atoms with E-state index in [1.54, 1.807) is 12.3 Å². The molecule has 26 heavy (non-hydrogen) atoms. The predicted molar refractivity (Wildman–Crippen MR) is 102 cm³/mol. The molecule has 6 heteroatoms. The van der Waals surface area contributed by atoms with Crippen LogP contribution >= 0.6 is 0 Å². The summed E-state index contributed by atoms with van der Waals surface area (Å²) in [6.07, 6.45) is 4.70. The molecule has 1 aromatic carbocycles. The Kier molecular flexibility index (Phi) is 4.26. The van der Waals surface area contributed by atoms with Gasteiger partial charge in [0.25, 0.3) is 0 Å². The van der Waals surface area contributed by atoms with Crippen LogP contribution in [0.5, 0.6) is 0 Å². The summed E-state index contributed by atoms with van der Waals surface area (Å²) < 4.78 is 0. The number of amides is 1. The van der Waals surface area contributed by atoms with Crippen molar-refractivity contribution in [2.75, 3.05) is 37.3 Å². The molecule has 0 bridgehead atoms. The standard InChI is InChI=1S/C20H25N5O/c1-24-14-20(13-16(18(24)26)15-5-3-2-4-6-15)8-11-25(12-9-20)19-22-10-7-17(21)23-19/h2-7,10,16H,8-9,11-14H2,1H3,(H2,21,22,23). The number of piperidine rings is 2. The fourth-order valence-electron chi connectivity index (χ4n) is 4.44. The number of rotatable bonds is 2. The van der Waals surface area contributed by atoms with Gasteiger partial charge in [-0.3, -0.25) is 4.79 Å². The molecule has 2 N–H and O–H groups in total. The number of hydrogen-bond acceptors (Lipinski definition) is 5. The van der Waals surface area contributed by atoms with Gasteiger partial charge in [-0.05, 0) is 36.3 Å². The number of carbonyl (C=O) groups is 1. The average molecular weight is 351 g/mol. The van der Waals surface area contributed by atoms with Crippen LogP contribution in [-0.2, 0) is 4.79 Å². The third kappa shape index (κ3) is 3.11. The minimum absolute atomic E-state index is 0.0369. The molecule has 1 unspecified atom stereocenters. The van der Waals surface area contributed by atoms with E-state index in [0.29, 0.717) is 11.8 Å². The number of likely N-dealkylation sites (N-methyl/N-ethyl adjacent to an activating group) is 1. The monoisotopic (exact) mass is 351 g/mol. The van der Waals surface area contributed by atoms with Crippen LogP contribution in [0, 0.1) is 5.41 Å². The van der Waals surface area contributed by atoms with Gasteiger partial charge in [0, 0.05) is 32.9 Å². The molecular weight excluding hydrogens is 326 g/mol. The summed E-state index contributed by atoms with van der Waals surface area (Å²) in [4.78, 5) is 25.6. The Labute approximate surface area is 154 Å². The van der Waals surface area contributed by atoms with Crippen LogP contribution in [0.4, 0.5) is 11.8 Å². The second-order valence-electron chi connectivity index (χ2n) is 7.63. The van der Waals surface area contributed by atoms with E-state index in [4.69, 9.17) is 5.73 Å². The van der Waals surface area contributed by atoms with Gasteiger partial charge in [0.15, 0.2) is 0 Å². The minimum Gasteiger partial charge on any atom is -0.384 e. The molecule has 1 spiro atoms. The number of nitrogens with zero attached hydrogens (tertiary/aromatic N) is 4. The Balaban J connectivity index is 1.51. The summed E-state index contributed by atoms with van der Waals surface area (Å²) in [5.74, 6) is 1.41. The average Bonchev–Trinajstić information content (AvgIpc) is 2.66. The summed E-state index contributed by atoms with van der Waals surface area (Å²) in [7, 11) is 1.94. The third-order valence-corrected chi connectivity index (χ3v) is 5.86. The van der Waals surface area contributed by atoms with Crippen LogP contribution in [0.1, 0.15) is 30.7 Å². The van der Waals surface area contributed by atoms with Crippen molar-refractivity contribution in [1.29, 1.82) is 0 Å². The molecule has 0 aliphatic carbocycles. The maximum Gasteiger partial charge on any atom is 0.229 e. The Morgan fingerprint density at radius 2 is 1.88 bits per heavy atom. The highest BCUT2D eigenvalue weighted by Gasteiger charge is 2.45. The van der Waals surface area contributed by atoms with Gasteiger partial charge >= 0.3 is 0 Å². The number of likely N-dealkylation sites (tertiary alicyclic amines) is 1. The van der Waals surface area contributed by atoms with Crippen LogP contribution in [0.2, 0.25) is 0 Å². The molecule has 3 heterocycles. The van der Waals surface area contributed by atoms with E-state index in [1.807, 2.05) is 30.1 Å². The smallest absolute Gasteiger partial charge is 0.229 e. The maximum atomic E-state index is 12.8. The SMILES string of the molecule is CN1CC2(CCN(c3nccc(N)n3)CC2)CC(c2ccccc2)C1=O. The van der Waals surface area contributed by atoms with Crippen molar-refractivity contribution in [2.24, 2.45) is 5.41 Å². The third-order valence-electron chi connectivity index (χ3n) is 5.86. The van der Waals surface area contributed by atoms with Gasteiger partial charge in [-0.2, -0.15) is 4.98 Å². The summed E-state index contributed by atoms with van der Waals surface area (Å²) in [6, 6.07) is 11.9. The maximum absolute atomic E-state index is 12.8. The van der Waals surface area contributed by atoms with Crippen LogP contribution in [-0.4, -0.2) is 47.5 Å². The lowest BCUT2D eigenvalue weighted by Crippen LogP contribution is -2.53. The highest BCUT2D eigenvalue weighted by Crippen LogP contribution is 2.45. The van der Waals surface area contributed by atoms with E-state index in [-0.39, 0.29) is 17.2 Å². The molecule has 0 saturated carbocycles. The van der Waals surface area contributed by atoms with E-state index >= 15 is 0 Å². The zero-order chi connectivity index (χ0) is 18.1. The Hall–Kier alpha value is -2.63. The fourth-order valence-corrected chi connectivity index (χ4v) is 4.44. The second-order valence-corrected chi connectivity index (χ2v) is 7.63. The van der Waals surface area contributed by atoms with Crippen LogP contribution < -0.4 is 10.6 Å². The van der Waals surface area contributed by atoms with Gasteiger partial charge in [-0.15, -0.1) is 0 Å².